The summed E-state index contributed by atoms with van der Waals surface area (Å²) in [4.78, 5) is 12.0. The summed E-state index contributed by atoms with van der Waals surface area (Å²) < 4.78 is 39.8. The molecule has 0 saturated carbocycles. The average molecular weight is 285 g/mol. The number of carbonyl (C=O) groups is 1. The molecule has 1 aromatic rings. The van der Waals surface area contributed by atoms with E-state index in [9.17, 15) is 18.0 Å². The number of ether oxygens (including phenoxy) is 1. The Morgan fingerprint density at radius 2 is 1.90 bits per heavy atom. The van der Waals surface area contributed by atoms with Gasteiger partial charge in [-0.05, 0) is 24.1 Å². The van der Waals surface area contributed by atoms with E-state index in [-0.39, 0.29) is 29.9 Å². The predicted molar refractivity (Wildman–Crippen MR) is 67.1 cm³/mol. The summed E-state index contributed by atoms with van der Waals surface area (Å²) in [6, 6.07) is 5.22. The molecule has 3 nitrogen and oxygen atoms in total. The van der Waals surface area contributed by atoms with Crippen molar-refractivity contribution in [1.29, 1.82) is 0 Å². The number of carbonyl (C=O) groups excluding carboxylic acids is 1. The van der Waals surface area contributed by atoms with Gasteiger partial charge in [0, 0.05) is 18.4 Å². The highest BCUT2D eigenvalue weighted by Crippen LogP contribution is 2.24. The van der Waals surface area contributed by atoms with E-state index in [1.165, 1.54) is 24.3 Å². The number of rotatable bonds is 4. The van der Waals surface area contributed by atoms with E-state index in [0.29, 0.717) is 12.0 Å². The molecule has 20 heavy (non-hydrogen) atoms. The second-order valence-corrected chi connectivity index (χ2v) is 4.73. The van der Waals surface area contributed by atoms with Crippen molar-refractivity contribution in [2.45, 2.75) is 25.2 Å². The second kappa shape index (κ2) is 5.66. The lowest BCUT2D eigenvalue weighted by atomic mass is 9.97. The SMILES string of the molecule is NC1C=CC(C(=O)Cc2ccc(OC(F)(F)F)cc2)C1. The molecule has 0 heterocycles. The molecule has 0 amide bonds. The number of hydrogen-bond acceptors (Lipinski definition) is 3. The summed E-state index contributed by atoms with van der Waals surface area (Å²) in [6.07, 6.45) is -0.360. The topological polar surface area (TPSA) is 52.3 Å². The van der Waals surface area contributed by atoms with E-state index < -0.39 is 6.36 Å². The lowest BCUT2D eigenvalue weighted by molar-refractivity contribution is -0.274. The first-order chi connectivity index (χ1) is 9.33. The minimum Gasteiger partial charge on any atom is -0.406 e. The van der Waals surface area contributed by atoms with Crippen LogP contribution in [0.5, 0.6) is 5.75 Å². The Morgan fingerprint density at radius 3 is 2.40 bits per heavy atom. The molecular weight excluding hydrogens is 271 g/mol. The largest absolute Gasteiger partial charge is 0.573 e. The molecular formula is C14H14F3NO2. The first-order valence-corrected chi connectivity index (χ1v) is 6.15. The number of alkyl halides is 3. The van der Waals surface area contributed by atoms with Crippen molar-refractivity contribution in [2.24, 2.45) is 11.7 Å². The van der Waals surface area contributed by atoms with Gasteiger partial charge >= 0.3 is 6.36 Å². The lowest BCUT2D eigenvalue weighted by Crippen LogP contribution is -2.20. The van der Waals surface area contributed by atoms with E-state index in [2.05, 4.69) is 4.74 Å². The third-order valence-corrected chi connectivity index (χ3v) is 3.07. The van der Waals surface area contributed by atoms with Crippen molar-refractivity contribution in [1.82, 2.24) is 0 Å². The van der Waals surface area contributed by atoms with E-state index >= 15 is 0 Å². The van der Waals surface area contributed by atoms with Crippen molar-refractivity contribution in [2.75, 3.05) is 0 Å². The van der Waals surface area contributed by atoms with Gasteiger partial charge in [0.15, 0.2) is 0 Å². The molecule has 0 aromatic heterocycles. The summed E-state index contributed by atoms with van der Waals surface area (Å²) in [6.45, 7) is 0. The molecule has 0 fully saturated rings. The molecule has 108 valence electrons. The zero-order chi connectivity index (χ0) is 14.8. The quantitative estimate of drug-likeness (QED) is 0.865. The maximum atomic E-state index is 12.0. The number of allylic oxidation sites excluding steroid dienone is 1. The lowest BCUT2D eigenvalue weighted by Gasteiger charge is -2.10. The Bertz CT molecular complexity index is 508. The van der Waals surface area contributed by atoms with Gasteiger partial charge in [0.05, 0.1) is 0 Å². The van der Waals surface area contributed by atoms with Gasteiger partial charge in [-0.1, -0.05) is 24.3 Å². The number of hydrogen-bond donors (Lipinski definition) is 1. The molecule has 0 bridgehead atoms. The van der Waals surface area contributed by atoms with Crippen LogP contribution < -0.4 is 10.5 Å². The van der Waals surface area contributed by atoms with Crippen LogP contribution in [0, 0.1) is 5.92 Å². The molecule has 0 radical (unpaired) electrons. The van der Waals surface area contributed by atoms with Crippen LogP contribution in [-0.2, 0) is 11.2 Å². The van der Waals surface area contributed by atoms with Crippen LogP contribution >= 0.6 is 0 Å². The predicted octanol–water partition coefficient (Wildman–Crippen LogP) is 2.60. The van der Waals surface area contributed by atoms with Crippen LogP contribution in [0.15, 0.2) is 36.4 Å². The maximum absolute atomic E-state index is 12.0. The molecule has 0 aliphatic heterocycles. The van der Waals surface area contributed by atoms with Crippen LogP contribution in [0.4, 0.5) is 13.2 Å². The van der Waals surface area contributed by atoms with Gasteiger partial charge in [-0.2, -0.15) is 0 Å². The third kappa shape index (κ3) is 4.09. The number of halogens is 3. The van der Waals surface area contributed by atoms with Gasteiger partial charge < -0.3 is 10.5 Å². The molecule has 1 aliphatic carbocycles. The van der Waals surface area contributed by atoms with Gasteiger partial charge in [-0.3, -0.25) is 4.79 Å². The van der Waals surface area contributed by atoms with Crippen molar-refractivity contribution >= 4 is 5.78 Å². The zero-order valence-electron chi connectivity index (χ0n) is 10.6. The summed E-state index contributed by atoms with van der Waals surface area (Å²) in [5, 5.41) is 0. The molecule has 2 atom stereocenters. The third-order valence-electron chi connectivity index (χ3n) is 3.07. The van der Waals surface area contributed by atoms with Crippen molar-refractivity contribution < 1.29 is 22.7 Å². The van der Waals surface area contributed by atoms with Crippen molar-refractivity contribution in [3.8, 4) is 5.75 Å². The zero-order valence-corrected chi connectivity index (χ0v) is 10.6. The van der Waals surface area contributed by atoms with E-state index in [1.807, 2.05) is 0 Å². The number of benzene rings is 1. The summed E-state index contributed by atoms with van der Waals surface area (Å²) in [5.41, 5.74) is 6.32. The Hall–Kier alpha value is -1.82. The first kappa shape index (κ1) is 14.6. The molecule has 0 saturated heterocycles. The minimum atomic E-state index is -4.71. The fraction of sp³-hybridized carbons (Fsp3) is 0.357. The first-order valence-electron chi connectivity index (χ1n) is 6.15. The smallest absolute Gasteiger partial charge is 0.406 e. The van der Waals surface area contributed by atoms with Crippen molar-refractivity contribution in [3.63, 3.8) is 0 Å². The van der Waals surface area contributed by atoms with Gasteiger partial charge in [0.25, 0.3) is 0 Å². The Labute approximate surface area is 114 Å². The van der Waals surface area contributed by atoms with Gasteiger partial charge in [-0.15, -0.1) is 13.2 Å². The van der Waals surface area contributed by atoms with Crippen LogP contribution in [0.2, 0.25) is 0 Å². The molecule has 2 N–H and O–H groups in total. The minimum absolute atomic E-state index is 0.0127. The highest BCUT2D eigenvalue weighted by molar-refractivity contribution is 5.85. The van der Waals surface area contributed by atoms with E-state index in [0.717, 1.165) is 0 Å². The molecule has 6 heteroatoms. The highest BCUT2D eigenvalue weighted by Gasteiger charge is 2.31. The molecule has 1 aromatic carbocycles. The van der Waals surface area contributed by atoms with Gasteiger partial charge in [-0.25, -0.2) is 0 Å². The Balaban J connectivity index is 1.94. The normalized spacial score (nSPS) is 22.0. The summed E-state index contributed by atoms with van der Waals surface area (Å²) in [7, 11) is 0. The molecule has 1 aliphatic rings. The average Bonchev–Trinajstić information content (AvgIpc) is 2.77. The van der Waals surface area contributed by atoms with Crippen LogP contribution in [0.25, 0.3) is 0 Å². The fourth-order valence-electron chi connectivity index (χ4n) is 2.11. The summed E-state index contributed by atoms with van der Waals surface area (Å²) >= 11 is 0. The van der Waals surface area contributed by atoms with Crippen molar-refractivity contribution in [3.05, 3.63) is 42.0 Å². The molecule has 2 unspecified atom stereocenters. The van der Waals surface area contributed by atoms with Gasteiger partial charge in [0.2, 0.25) is 0 Å². The standard InChI is InChI=1S/C14H14F3NO2/c15-14(16,17)20-12-5-1-9(2-6-12)7-13(19)10-3-4-11(18)8-10/h1-6,10-11H,7-8,18H2. The van der Waals surface area contributed by atoms with Crippen LogP contribution in [0.3, 0.4) is 0 Å². The highest BCUT2D eigenvalue weighted by atomic mass is 19.4. The number of Topliss-reactive ketones (excluding diaryl/α,β-unsaturated/α-hetero) is 1. The van der Waals surface area contributed by atoms with E-state index in [1.54, 1.807) is 12.2 Å². The Morgan fingerprint density at radius 1 is 1.25 bits per heavy atom. The fourth-order valence-corrected chi connectivity index (χ4v) is 2.11. The number of nitrogens with two attached hydrogens (primary N) is 1. The monoisotopic (exact) mass is 285 g/mol. The van der Waals surface area contributed by atoms with Crippen LogP contribution in [-0.4, -0.2) is 18.2 Å². The Kier molecular flexibility index (Phi) is 4.13. The van der Waals surface area contributed by atoms with Crippen LogP contribution in [0.1, 0.15) is 12.0 Å². The second-order valence-electron chi connectivity index (χ2n) is 4.73. The van der Waals surface area contributed by atoms with E-state index in [4.69, 9.17) is 5.73 Å². The summed E-state index contributed by atoms with van der Waals surface area (Å²) in [5.74, 6) is -0.480. The van der Waals surface area contributed by atoms with Gasteiger partial charge in [0.1, 0.15) is 11.5 Å². The number of ketones is 1. The molecule has 2 rings (SSSR count). The molecule has 0 spiro atoms. The maximum Gasteiger partial charge on any atom is 0.573 e.